The Morgan fingerprint density at radius 3 is 2.26 bits per heavy atom. The molecule has 3 nitrogen and oxygen atoms in total. The number of carbonyl (C=O) groups is 2. The fourth-order valence-corrected chi connectivity index (χ4v) is 3.48. The Kier molecular flexibility index (Phi) is 6.32. The molecule has 0 atom stereocenters. The van der Waals surface area contributed by atoms with Crippen molar-refractivity contribution in [3.05, 3.63) is 94.5 Å². The fraction of sp³-hybridized carbons (Fsp3) is 0.0909. The van der Waals surface area contributed by atoms with Gasteiger partial charge in [-0.3, -0.25) is 9.59 Å². The molecule has 136 valence electrons. The molecule has 0 aromatic heterocycles. The zero-order valence-electron chi connectivity index (χ0n) is 14.7. The second-order valence-corrected chi connectivity index (χ2v) is 7.49. The number of halogens is 1. The van der Waals surface area contributed by atoms with Gasteiger partial charge in [-0.15, -0.1) is 11.8 Å². The Morgan fingerprint density at radius 1 is 0.926 bits per heavy atom. The predicted molar refractivity (Wildman–Crippen MR) is 112 cm³/mol. The number of thioether (sulfide) groups is 1. The van der Waals surface area contributed by atoms with Gasteiger partial charge >= 0.3 is 0 Å². The Morgan fingerprint density at radius 2 is 1.59 bits per heavy atom. The van der Waals surface area contributed by atoms with Crippen LogP contribution in [-0.2, 0) is 0 Å². The summed E-state index contributed by atoms with van der Waals surface area (Å²) in [7, 11) is 0. The molecular formula is C22H18ClNO2S. The van der Waals surface area contributed by atoms with Crippen LogP contribution in [0.15, 0.2) is 77.7 Å². The third-order valence-electron chi connectivity index (χ3n) is 3.97. The molecule has 1 amide bonds. The number of rotatable bonds is 6. The topological polar surface area (TPSA) is 46.2 Å². The van der Waals surface area contributed by atoms with E-state index in [2.05, 4.69) is 5.32 Å². The quantitative estimate of drug-likeness (QED) is 0.419. The van der Waals surface area contributed by atoms with Gasteiger partial charge < -0.3 is 5.32 Å². The molecule has 0 fully saturated rings. The zero-order valence-corrected chi connectivity index (χ0v) is 16.3. The number of anilines is 1. The summed E-state index contributed by atoms with van der Waals surface area (Å²) >= 11 is 7.50. The van der Waals surface area contributed by atoms with Crippen molar-refractivity contribution < 1.29 is 9.59 Å². The van der Waals surface area contributed by atoms with Gasteiger partial charge in [0.05, 0.1) is 10.8 Å². The highest BCUT2D eigenvalue weighted by molar-refractivity contribution is 8.00. The number of hydrogen-bond donors (Lipinski definition) is 1. The summed E-state index contributed by atoms with van der Waals surface area (Å²) < 4.78 is 0. The van der Waals surface area contributed by atoms with Gasteiger partial charge in [0.1, 0.15) is 0 Å². The van der Waals surface area contributed by atoms with Crippen molar-refractivity contribution in [1.82, 2.24) is 0 Å². The van der Waals surface area contributed by atoms with Crippen molar-refractivity contribution in [2.75, 3.05) is 11.1 Å². The Labute approximate surface area is 167 Å². The van der Waals surface area contributed by atoms with Gasteiger partial charge in [-0.05, 0) is 55.5 Å². The maximum absolute atomic E-state index is 12.3. The Balaban J connectivity index is 1.57. The van der Waals surface area contributed by atoms with E-state index < -0.39 is 0 Å². The van der Waals surface area contributed by atoms with Crippen molar-refractivity contribution in [1.29, 1.82) is 0 Å². The summed E-state index contributed by atoms with van der Waals surface area (Å²) in [5.41, 5.74) is 2.97. The maximum atomic E-state index is 12.3. The van der Waals surface area contributed by atoms with Crippen LogP contribution < -0.4 is 5.32 Å². The summed E-state index contributed by atoms with van der Waals surface area (Å²) in [6, 6.07) is 21.9. The molecule has 1 N–H and O–H groups in total. The van der Waals surface area contributed by atoms with Crippen LogP contribution in [0.1, 0.15) is 26.3 Å². The highest BCUT2D eigenvalue weighted by atomic mass is 35.5. The highest BCUT2D eigenvalue weighted by Gasteiger charge is 2.10. The van der Waals surface area contributed by atoms with Gasteiger partial charge in [-0.1, -0.05) is 41.4 Å². The van der Waals surface area contributed by atoms with Crippen LogP contribution >= 0.6 is 23.4 Å². The van der Waals surface area contributed by atoms with Crippen LogP contribution in [0.25, 0.3) is 0 Å². The lowest BCUT2D eigenvalue weighted by Gasteiger charge is -2.07. The van der Waals surface area contributed by atoms with E-state index in [4.69, 9.17) is 11.6 Å². The fourth-order valence-electron chi connectivity index (χ4n) is 2.46. The zero-order chi connectivity index (χ0) is 19.2. The molecule has 0 spiro atoms. The SMILES string of the molecule is Cc1ccc(C(=O)Nc2ccc(SCC(=O)c3ccccc3Cl)cc2)cc1. The largest absolute Gasteiger partial charge is 0.322 e. The first kappa shape index (κ1) is 19.2. The first-order chi connectivity index (χ1) is 13.0. The van der Waals surface area contributed by atoms with E-state index in [1.54, 1.807) is 36.4 Å². The summed E-state index contributed by atoms with van der Waals surface area (Å²) in [4.78, 5) is 25.5. The van der Waals surface area contributed by atoms with Gasteiger partial charge in [0, 0.05) is 21.7 Å². The summed E-state index contributed by atoms with van der Waals surface area (Å²) in [5.74, 6) is 0.144. The minimum atomic E-state index is -0.149. The maximum Gasteiger partial charge on any atom is 0.255 e. The predicted octanol–water partition coefficient (Wildman–Crippen LogP) is 5.88. The molecule has 0 aliphatic carbocycles. The molecule has 0 aliphatic rings. The van der Waals surface area contributed by atoms with E-state index in [1.165, 1.54) is 11.8 Å². The first-order valence-electron chi connectivity index (χ1n) is 8.41. The molecule has 5 heteroatoms. The molecule has 27 heavy (non-hydrogen) atoms. The molecule has 0 saturated heterocycles. The first-order valence-corrected chi connectivity index (χ1v) is 9.78. The second kappa shape index (κ2) is 8.89. The summed E-state index contributed by atoms with van der Waals surface area (Å²) in [6.45, 7) is 1.98. The summed E-state index contributed by atoms with van der Waals surface area (Å²) in [6.07, 6.45) is 0. The molecule has 0 saturated carbocycles. The summed E-state index contributed by atoms with van der Waals surface area (Å²) in [5, 5.41) is 3.34. The molecule has 0 heterocycles. The van der Waals surface area contributed by atoms with Gasteiger partial charge in [-0.2, -0.15) is 0 Å². The smallest absolute Gasteiger partial charge is 0.255 e. The number of ketones is 1. The number of hydrogen-bond acceptors (Lipinski definition) is 3. The van der Waals surface area contributed by atoms with Gasteiger partial charge in [0.2, 0.25) is 0 Å². The van der Waals surface area contributed by atoms with Crippen molar-refractivity contribution in [2.45, 2.75) is 11.8 Å². The van der Waals surface area contributed by atoms with Crippen LogP contribution in [0.3, 0.4) is 0 Å². The van der Waals surface area contributed by atoms with Crippen molar-refractivity contribution in [3.63, 3.8) is 0 Å². The third-order valence-corrected chi connectivity index (χ3v) is 5.31. The lowest BCUT2D eigenvalue weighted by atomic mass is 10.1. The van der Waals surface area contributed by atoms with Gasteiger partial charge in [0.25, 0.3) is 5.91 Å². The van der Waals surface area contributed by atoms with Crippen LogP contribution in [0.4, 0.5) is 5.69 Å². The van der Waals surface area contributed by atoms with Crippen LogP contribution in [0.2, 0.25) is 5.02 Å². The van der Waals surface area contributed by atoms with Crippen molar-refractivity contribution >= 4 is 40.7 Å². The van der Waals surface area contributed by atoms with E-state index >= 15 is 0 Å². The van der Waals surface area contributed by atoms with E-state index in [0.29, 0.717) is 27.6 Å². The molecule has 0 bridgehead atoms. The number of benzene rings is 3. The van der Waals surface area contributed by atoms with Crippen molar-refractivity contribution in [3.8, 4) is 0 Å². The van der Waals surface area contributed by atoms with E-state index in [9.17, 15) is 9.59 Å². The minimum Gasteiger partial charge on any atom is -0.322 e. The molecule has 0 unspecified atom stereocenters. The lowest BCUT2D eigenvalue weighted by molar-refractivity contribution is 0.101. The standard InChI is InChI=1S/C22H18ClNO2S/c1-15-6-8-16(9-7-15)22(26)24-17-10-12-18(13-11-17)27-14-21(25)19-4-2-3-5-20(19)23/h2-13H,14H2,1H3,(H,24,26). The number of amides is 1. The molecule has 0 aliphatic heterocycles. The Bertz CT molecular complexity index is 953. The third kappa shape index (κ3) is 5.22. The average molecular weight is 396 g/mol. The molecule has 0 radical (unpaired) electrons. The molecule has 3 aromatic carbocycles. The second-order valence-electron chi connectivity index (χ2n) is 6.04. The molecule has 3 rings (SSSR count). The number of nitrogens with one attached hydrogen (secondary N) is 1. The Hall–Kier alpha value is -2.56. The number of Topliss-reactive ketones (excluding diaryl/α,β-unsaturated/α-hetero) is 1. The van der Waals surface area contributed by atoms with Crippen LogP contribution in [0, 0.1) is 6.92 Å². The number of aryl methyl sites for hydroxylation is 1. The van der Waals surface area contributed by atoms with Crippen LogP contribution in [-0.4, -0.2) is 17.4 Å². The average Bonchev–Trinajstić information content (AvgIpc) is 2.68. The van der Waals surface area contributed by atoms with E-state index in [1.807, 2.05) is 43.3 Å². The number of carbonyl (C=O) groups excluding carboxylic acids is 2. The molecular weight excluding hydrogens is 378 g/mol. The highest BCUT2D eigenvalue weighted by Crippen LogP contribution is 2.23. The monoisotopic (exact) mass is 395 g/mol. The van der Waals surface area contributed by atoms with Crippen LogP contribution in [0.5, 0.6) is 0 Å². The van der Waals surface area contributed by atoms with Crippen molar-refractivity contribution in [2.24, 2.45) is 0 Å². The van der Waals surface area contributed by atoms with E-state index in [-0.39, 0.29) is 11.7 Å². The van der Waals surface area contributed by atoms with Gasteiger partial charge in [-0.25, -0.2) is 0 Å². The molecule has 3 aromatic rings. The van der Waals surface area contributed by atoms with Gasteiger partial charge in [0.15, 0.2) is 5.78 Å². The lowest BCUT2D eigenvalue weighted by Crippen LogP contribution is -2.11. The normalized spacial score (nSPS) is 10.4. The van der Waals surface area contributed by atoms with E-state index in [0.717, 1.165) is 10.5 Å². The minimum absolute atomic E-state index is 0.0117.